The molecule has 0 bridgehead atoms. The van der Waals surface area contributed by atoms with E-state index in [1.165, 1.54) is 70.6 Å². The van der Waals surface area contributed by atoms with E-state index in [1.807, 2.05) is 6.08 Å². The molecule has 10 heteroatoms. The van der Waals surface area contributed by atoms with Gasteiger partial charge in [0.15, 0.2) is 12.4 Å². The standard InChI is InChI=1S/C41H74O10/c1-3-5-7-9-11-13-15-16-17-18-20-22-24-26-28-30-37(44)50-34(33-49-41-40(47)39(46)38(45)35(31-42)51-41)32-48-36(43)29-27-25-23-21-19-14-12-10-8-6-4-2/h3,10,12,34-35,38-42,45-47H,1,4-9,11,13-33H2,2H3/b12-10+/t34-,35-,38+,39?,40?,41-/m1/s1. The summed E-state index contributed by atoms with van der Waals surface area (Å²) in [5, 5.41) is 39.9. The van der Waals surface area contributed by atoms with Crippen molar-refractivity contribution in [3.8, 4) is 0 Å². The number of carbonyl (C=O) groups excluding carboxylic acids is 2. The fourth-order valence-electron chi connectivity index (χ4n) is 6.15. The number of hydrogen-bond acceptors (Lipinski definition) is 10. The van der Waals surface area contributed by atoms with Crippen LogP contribution in [0.15, 0.2) is 24.8 Å². The Morgan fingerprint density at radius 3 is 1.67 bits per heavy atom. The van der Waals surface area contributed by atoms with Crippen molar-refractivity contribution in [1.82, 2.24) is 0 Å². The van der Waals surface area contributed by atoms with Crippen molar-refractivity contribution in [1.29, 1.82) is 0 Å². The van der Waals surface area contributed by atoms with E-state index in [9.17, 15) is 30.0 Å². The molecule has 51 heavy (non-hydrogen) atoms. The van der Waals surface area contributed by atoms with Gasteiger partial charge in [0.25, 0.3) is 0 Å². The second-order valence-electron chi connectivity index (χ2n) is 14.2. The lowest BCUT2D eigenvalue weighted by Crippen LogP contribution is -2.59. The van der Waals surface area contributed by atoms with Crippen LogP contribution in [0.5, 0.6) is 0 Å². The maximum Gasteiger partial charge on any atom is 0.306 e. The Balaban J connectivity index is 2.36. The number of aliphatic hydroxyl groups excluding tert-OH is 4. The molecule has 1 aliphatic heterocycles. The van der Waals surface area contributed by atoms with E-state index in [0.717, 1.165) is 64.2 Å². The second kappa shape index (κ2) is 32.8. The minimum absolute atomic E-state index is 0.221. The predicted molar refractivity (Wildman–Crippen MR) is 201 cm³/mol. The van der Waals surface area contributed by atoms with Crippen molar-refractivity contribution in [2.75, 3.05) is 19.8 Å². The molecule has 1 heterocycles. The van der Waals surface area contributed by atoms with Crippen molar-refractivity contribution < 1.29 is 49.0 Å². The van der Waals surface area contributed by atoms with Gasteiger partial charge < -0.3 is 39.4 Å². The molecule has 6 atom stereocenters. The van der Waals surface area contributed by atoms with Crippen LogP contribution in [0.1, 0.15) is 167 Å². The van der Waals surface area contributed by atoms with Gasteiger partial charge in [0.2, 0.25) is 0 Å². The smallest absolute Gasteiger partial charge is 0.306 e. The van der Waals surface area contributed by atoms with Gasteiger partial charge in [0.05, 0.1) is 13.2 Å². The Bertz CT molecular complexity index is 879. The Kier molecular flexibility index (Phi) is 30.4. The van der Waals surface area contributed by atoms with E-state index in [0.29, 0.717) is 12.8 Å². The summed E-state index contributed by atoms with van der Waals surface area (Å²) < 4.78 is 22.1. The van der Waals surface area contributed by atoms with E-state index >= 15 is 0 Å². The van der Waals surface area contributed by atoms with Crippen LogP contribution in [0.2, 0.25) is 0 Å². The number of esters is 2. The summed E-state index contributed by atoms with van der Waals surface area (Å²) in [5.74, 6) is -0.819. The number of rotatable bonds is 34. The molecule has 0 aromatic rings. The molecular formula is C41H74O10. The zero-order chi connectivity index (χ0) is 37.4. The third-order valence-corrected chi connectivity index (χ3v) is 9.46. The van der Waals surface area contributed by atoms with Crippen LogP contribution in [-0.4, -0.2) is 89.0 Å². The molecule has 2 unspecified atom stereocenters. The van der Waals surface area contributed by atoms with Crippen molar-refractivity contribution in [3.05, 3.63) is 24.8 Å². The normalized spacial score (nSPS) is 21.2. The molecule has 0 amide bonds. The number of allylic oxidation sites excluding steroid dienone is 3. The molecule has 0 aromatic heterocycles. The van der Waals surface area contributed by atoms with Crippen molar-refractivity contribution in [2.45, 2.75) is 204 Å². The first-order valence-electron chi connectivity index (χ1n) is 20.4. The van der Waals surface area contributed by atoms with Gasteiger partial charge in [-0.15, -0.1) is 6.58 Å². The third-order valence-electron chi connectivity index (χ3n) is 9.46. The largest absolute Gasteiger partial charge is 0.462 e. The summed E-state index contributed by atoms with van der Waals surface area (Å²) in [6.07, 6.45) is 25.1. The van der Waals surface area contributed by atoms with E-state index < -0.39 is 49.4 Å². The summed E-state index contributed by atoms with van der Waals surface area (Å²) in [6.45, 7) is 4.88. The zero-order valence-electron chi connectivity index (χ0n) is 31.9. The van der Waals surface area contributed by atoms with Crippen LogP contribution in [0.4, 0.5) is 0 Å². The van der Waals surface area contributed by atoms with E-state index in [4.69, 9.17) is 18.9 Å². The van der Waals surface area contributed by atoms with Crippen molar-refractivity contribution in [2.24, 2.45) is 0 Å². The average molecular weight is 727 g/mol. The molecule has 10 nitrogen and oxygen atoms in total. The van der Waals surface area contributed by atoms with E-state index in [-0.39, 0.29) is 32.0 Å². The highest BCUT2D eigenvalue weighted by Crippen LogP contribution is 2.22. The topological polar surface area (TPSA) is 152 Å². The van der Waals surface area contributed by atoms with Crippen molar-refractivity contribution >= 4 is 11.9 Å². The summed E-state index contributed by atoms with van der Waals surface area (Å²) in [5.41, 5.74) is 0. The molecule has 1 rings (SSSR count). The van der Waals surface area contributed by atoms with Gasteiger partial charge in [0, 0.05) is 12.8 Å². The maximum atomic E-state index is 12.7. The quantitative estimate of drug-likeness (QED) is 0.0294. The Morgan fingerprint density at radius 1 is 0.647 bits per heavy atom. The monoisotopic (exact) mass is 727 g/mol. The molecule has 298 valence electrons. The van der Waals surface area contributed by atoms with Crippen LogP contribution in [0.3, 0.4) is 0 Å². The van der Waals surface area contributed by atoms with Gasteiger partial charge in [-0.2, -0.15) is 0 Å². The minimum atomic E-state index is -1.59. The number of ether oxygens (including phenoxy) is 4. The van der Waals surface area contributed by atoms with Crippen LogP contribution >= 0.6 is 0 Å². The van der Waals surface area contributed by atoms with Crippen LogP contribution in [-0.2, 0) is 28.5 Å². The average Bonchev–Trinajstić information content (AvgIpc) is 3.13. The van der Waals surface area contributed by atoms with Gasteiger partial charge in [-0.1, -0.05) is 128 Å². The highest BCUT2D eigenvalue weighted by molar-refractivity contribution is 5.70. The highest BCUT2D eigenvalue weighted by Gasteiger charge is 2.44. The molecule has 0 aromatic carbocycles. The van der Waals surface area contributed by atoms with Gasteiger partial charge >= 0.3 is 11.9 Å². The lowest BCUT2D eigenvalue weighted by atomic mass is 9.99. The van der Waals surface area contributed by atoms with Gasteiger partial charge in [0.1, 0.15) is 31.0 Å². The van der Waals surface area contributed by atoms with Crippen molar-refractivity contribution in [3.63, 3.8) is 0 Å². The van der Waals surface area contributed by atoms with Crippen LogP contribution in [0, 0.1) is 0 Å². The Morgan fingerprint density at radius 2 is 1.14 bits per heavy atom. The molecular weight excluding hydrogens is 652 g/mol. The fourth-order valence-corrected chi connectivity index (χ4v) is 6.15. The van der Waals surface area contributed by atoms with Crippen LogP contribution < -0.4 is 0 Å². The first-order valence-corrected chi connectivity index (χ1v) is 20.4. The molecule has 1 fully saturated rings. The number of hydrogen-bond donors (Lipinski definition) is 4. The number of carbonyl (C=O) groups is 2. The van der Waals surface area contributed by atoms with Gasteiger partial charge in [-0.25, -0.2) is 0 Å². The fraction of sp³-hybridized carbons (Fsp3) is 0.854. The number of unbranched alkanes of at least 4 members (excludes halogenated alkanes) is 20. The lowest BCUT2D eigenvalue weighted by molar-refractivity contribution is -0.305. The van der Waals surface area contributed by atoms with Gasteiger partial charge in [-0.3, -0.25) is 9.59 Å². The molecule has 0 radical (unpaired) electrons. The summed E-state index contributed by atoms with van der Waals surface area (Å²) >= 11 is 0. The third kappa shape index (κ3) is 24.9. The first-order chi connectivity index (χ1) is 24.8. The molecule has 0 saturated carbocycles. The Hall–Kier alpha value is -1.82. The van der Waals surface area contributed by atoms with Gasteiger partial charge in [-0.05, 0) is 44.9 Å². The highest BCUT2D eigenvalue weighted by atomic mass is 16.7. The molecule has 1 aliphatic rings. The van der Waals surface area contributed by atoms with Crippen LogP contribution in [0.25, 0.3) is 0 Å². The number of aliphatic hydroxyl groups is 4. The van der Waals surface area contributed by atoms with E-state index in [2.05, 4.69) is 25.7 Å². The first kappa shape index (κ1) is 47.2. The summed E-state index contributed by atoms with van der Waals surface area (Å²) in [7, 11) is 0. The lowest BCUT2D eigenvalue weighted by Gasteiger charge is -2.39. The molecule has 1 saturated heterocycles. The maximum absolute atomic E-state index is 12.7. The SMILES string of the molecule is C=CCCCCCCCCCCCCCCCC(=O)O[C@H](COC(=O)CCCCCCC/C=C/CCCC)CO[C@@H]1O[C@H](CO)[C@H](O)C(O)C1O. The second-order valence-corrected chi connectivity index (χ2v) is 14.2. The summed E-state index contributed by atoms with van der Waals surface area (Å²) in [4.78, 5) is 25.2. The summed E-state index contributed by atoms with van der Waals surface area (Å²) in [6, 6.07) is 0. The zero-order valence-corrected chi connectivity index (χ0v) is 31.9. The minimum Gasteiger partial charge on any atom is -0.462 e. The van der Waals surface area contributed by atoms with E-state index in [1.54, 1.807) is 0 Å². The molecule has 0 spiro atoms. The predicted octanol–water partition coefficient (Wildman–Crippen LogP) is 7.77. The Labute approximate surface area is 309 Å². The molecule has 4 N–H and O–H groups in total. The molecule has 0 aliphatic carbocycles.